The highest BCUT2D eigenvalue weighted by Crippen LogP contribution is 2.16. The molecule has 0 aromatic heterocycles. The Morgan fingerprint density at radius 1 is 1.53 bits per heavy atom. The minimum Gasteiger partial charge on any atom is -0.449 e. The molecule has 4 heteroatoms. The third-order valence-electron chi connectivity index (χ3n) is 2.66. The Morgan fingerprint density at radius 2 is 2.20 bits per heavy atom. The predicted octanol–water partition coefficient (Wildman–Crippen LogP) is 2.16. The molecule has 0 aromatic rings. The second-order valence-electron chi connectivity index (χ2n) is 3.86. The van der Waals surface area contributed by atoms with Gasteiger partial charge in [0.2, 0.25) is 0 Å². The van der Waals surface area contributed by atoms with Crippen LogP contribution < -0.4 is 0 Å². The summed E-state index contributed by atoms with van der Waals surface area (Å²) in [6.45, 7) is 3.88. The molecular formula is C11H18N2O2. The molecule has 4 nitrogen and oxygen atoms in total. The first-order chi connectivity index (χ1) is 7.27. The molecule has 0 saturated carbocycles. The largest absolute Gasteiger partial charge is 0.449 e. The number of likely N-dealkylation sites (tertiary alicyclic amines) is 1. The standard InChI is InChI=1S/C11H18N2O2/c1-2-3-8-15-11(14)13-6-4-10(9-12)5-7-13/h10H,2-8H2,1H3. The van der Waals surface area contributed by atoms with Gasteiger partial charge in [-0.3, -0.25) is 0 Å². The van der Waals surface area contributed by atoms with E-state index >= 15 is 0 Å². The molecular weight excluding hydrogens is 192 g/mol. The summed E-state index contributed by atoms with van der Waals surface area (Å²) in [4.78, 5) is 13.2. The van der Waals surface area contributed by atoms with Gasteiger partial charge >= 0.3 is 6.09 Å². The molecule has 0 radical (unpaired) electrons. The fraction of sp³-hybridized carbons (Fsp3) is 0.818. The van der Waals surface area contributed by atoms with Gasteiger partial charge in [0.05, 0.1) is 12.7 Å². The van der Waals surface area contributed by atoms with Crippen LogP contribution in [0.1, 0.15) is 32.6 Å². The lowest BCUT2D eigenvalue weighted by molar-refractivity contribution is 0.0904. The molecule has 84 valence electrons. The van der Waals surface area contributed by atoms with Gasteiger partial charge < -0.3 is 9.64 Å². The second-order valence-corrected chi connectivity index (χ2v) is 3.86. The number of carbonyl (C=O) groups is 1. The highest BCUT2D eigenvalue weighted by atomic mass is 16.6. The fourth-order valence-corrected chi connectivity index (χ4v) is 1.59. The zero-order valence-electron chi connectivity index (χ0n) is 9.24. The second kappa shape index (κ2) is 6.28. The SMILES string of the molecule is CCCCOC(=O)N1CCC(C#N)CC1. The van der Waals surface area contributed by atoms with Crippen molar-refractivity contribution >= 4 is 6.09 Å². The zero-order valence-corrected chi connectivity index (χ0v) is 9.24. The first-order valence-corrected chi connectivity index (χ1v) is 5.59. The number of hydrogen-bond donors (Lipinski definition) is 0. The number of rotatable bonds is 3. The number of nitriles is 1. The first-order valence-electron chi connectivity index (χ1n) is 5.59. The van der Waals surface area contributed by atoms with E-state index in [1.165, 1.54) is 0 Å². The molecule has 1 amide bonds. The van der Waals surface area contributed by atoms with Gasteiger partial charge in [-0.1, -0.05) is 13.3 Å². The van der Waals surface area contributed by atoms with Gasteiger partial charge in [0, 0.05) is 19.0 Å². The minimum atomic E-state index is -0.222. The molecule has 0 bridgehead atoms. The number of carbonyl (C=O) groups excluding carboxylic acids is 1. The van der Waals surface area contributed by atoms with E-state index in [2.05, 4.69) is 13.0 Å². The summed E-state index contributed by atoms with van der Waals surface area (Å²) in [6.07, 6.45) is 3.28. The summed E-state index contributed by atoms with van der Waals surface area (Å²) in [7, 11) is 0. The van der Waals surface area contributed by atoms with Crippen LogP contribution >= 0.6 is 0 Å². The average molecular weight is 210 g/mol. The van der Waals surface area contributed by atoms with Gasteiger partial charge in [0.1, 0.15) is 0 Å². The Labute approximate surface area is 90.8 Å². The van der Waals surface area contributed by atoms with E-state index in [1.54, 1.807) is 4.90 Å². The number of amides is 1. The van der Waals surface area contributed by atoms with Crippen molar-refractivity contribution in [2.45, 2.75) is 32.6 Å². The van der Waals surface area contributed by atoms with Crippen LogP contribution in [0, 0.1) is 17.2 Å². The van der Waals surface area contributed by atoms with E-state index in [1.807, 2.05) is 0 Å². The Hall–Kier alpha value is -1.24. The smallest absolute Gasteiger partial charge is 0.409 e. The molecule has 1 saturated heterocycles. The number of hydrogen-bond acceptors (Lipinski definition) is 3. The lowest BCUT2D eigenvalue weighted by Crippen LogP contribution is -2.38. The Balaban J connectivity index is 2.21. The molecule has 0 N–H and O–H groups in total. The first kappa shape index (κ1) is 11.8. The van der Waals surface area contributed by atoms with E-state index in [0.29, 0.717) is 19.7 Å². The third kappa shape index (κ3) is 3.78. The average Bonchev–Trinajstić information content (AvgIpc) is 2.29. The van der Waals surface area contributed by atoms with E-state index in [9.17, 15) is 4.79 Å². The van der Waals surface area contributed by atoms with Crippen molar-refractivity contribution in [1.82, 2.24) is 4.90 Å². The maximum Gasteiger partial charge on any atom is 0.409 e. The highest BCUT2D eigenvalue weighted by molar-refractivity contribution is 5.67. The highest BCUT2D eigenvalue weighted by Gasteiger charge is 2.23. The van der Waals surface area contributed by atoms with Crippen molar-refractivity contribution in [1.29, 1.82) is 5.26 Å². The van der Waals surface area contributed by atoms with Crippen LogP contribution in [-0.2, 0) is 4.74 Å². The molecule has 15 heavy (non-hydrogen) atoms. The number of ether oxygens (including phenoxy) is 1. The lowest BCUT2D eigenvalue weighted by Gasteiger charge is -2.28. The summed E-state index contributed by atoms with van der Waals surface area (Å²) >= 11 is 0. The van der Waals surface area contributed by atoms with Crippen molar-refractivity contribution in [3.8, 4) is 6.07 Å². The van der Waals surface area contributed by atoms with Crippen LogP contribution in [0.3, 0.4) is 0 Å². The van der Waals surface area contributed by atoms with Crippen molar-refractivity contribution < 1.29 is 9.53 Å². The number of unbranched alkanes of at least 4 members (excludes halogenated alkanes) is 1. The van der Waals surface area contributed by atoms with Crippen molar-refractivity contribution in [2.24, 2.45) is 5.92 Å². The van der Waals surface area contributed by atoms with Crippen LogP contribution in [0.2, 0.25) is 0 Å². The summed E-state index contributed by atoms with van der Waals surface area (Å²) in [6, 6.07) is 2.24. The Morgan fingerprint density at radius 3 is 2.73 bits per heavy atom. The van der Waals surface area contributed by atoms with Gasteiger partial charge in [0.15, 0.2) is 0 Å². The zero-order chi connectivity index (χ0) is 11.1. The third-order valence-corrected chi connectivity index (χ3v) is 2.66. The number of nitrogens with zero attached hydrogens (tertiary/aromatic N) is 2. The molecule has 0 aromatic carbocycles. The maximum absolute atomic E-state index is 11.5. The normalized spacial score (nSPS) is 17.2. The van der Waals surface area contributed by atoms with Crippen LogP contribution in [0.15, 0.2) is 0 Å². The molecule has 1 fully saturated rings. The molecule has 0 unspecified atom stereocenters. The molecule has 1 heterocycles. The monoisotopic (exact) mass is 210 g/mol. The van der Waals surface area contributed by atoms with E-state index in [0.717, 1.165) is 25.7 Å². The number of piperidine rings is 1. The van der Waals surface area contributed by atoms with Crippen LogP contribution in [0.25, 0.3) is 0 Å². The summed E-state index contributed by atoms with van der Waals surface area (Å²) < 4.78 is 5.09. The topological polar surface area (TPSA) is 53.3 Å². The Kier molecular flexibility index (Phi) is 4.96. The van der Waals surface area contributed by atoms with Gasteiger partial charge in [-0.15, -0.1) is 0 Å². The molecule has 0 aliphatic carbocycles. The van der Waals surface area contributed by atoms with Gasteiger partial charge in [-0.2, -0.15) is 5.26 Å². The predicted molar refractivity (Wildman–Crippen MR) is 56.2 cm³/mol. The quantitative estimate of drug-likeness (QED) is 0.671. The Bertz CT molecular complexity index is 239. The fourth-order valence-electron chi connectivity index (χ4n) is 1.59. The van der Waals surface area contributed by atoms with Crippen molar-refractivity contribution in [3.05, 3.63) is 0 Å². The summed E-state index contributed by atoms with van der Waals surface area (Å²) in [5, 5.41) is 8.70. The maximum atomic E-state index is 11.5. The lowest BCUT2D eigenvalue weighted by atomic mass is 9.99. The minimum absolute atomic E-state index is 0.115. The van der Waals surface area contributed by atoms with Gasteiger partial charge in [0.25, 0.3) is 0 Å². The molecule has 1 aliphatic rings. The van der Waals surface area contributed by atoms with E-state index in [4.69, 9.17) is 10.00 Å². The van der Waals surface area contributed by atoms with Crippen molar-refractivity contribution in [3.63, 3.8) is 0 Å². The van der Waals surface area contributed by atoms with Crippen LogP contribution in [-0.4, -0.2) is 30.7 Å². The van der Waals surface area contributed by atoms with E-state index < -0.39 is 0 Å². The van der Waals surface area contributed by atoms with E-state index in [-0.39, 0.29) is 12.0 Å². The van der Waals surface area contributed by atoms with Crippen molar-refractivity contribution in [2.75, 3.05) is 19.7 Å². The molecule has 1 aliphatic heterocycles. The molecule has 1 rings (SSSR count). The van der Waals surface area contributed by atoms with Gasteiger partial charge in [-0.05, 0) is 19.3 Å². The summed E-state index contributed by atoms with van der Waals surface area (Å²) in [5.41, 5.74) is 0. The van der Waals surface area contributed by atoms with Gasteiger partial charge in [-0.25, -0.2) is 4.79 Å². The summed E-state index contributed by atoms with van der Waals surface area (Å²) in [5.74, 6) is 0.115. The molecule has 0 atom stereocenters. The van der Waals surface area contributed by atoms with Crippen LogP contribution in [0.4, 0.5) is 4.79 Å². The van der Waals surface area contributed by atoms with Crippen LogP contribution in [0.5, 0.6) is 0 Å². The molecule has 0 spiro atoms.